The maximum Gasteiger partial charge on any atom is 0.410 e. The zero-order valence-electron chi connectivity index (χ0n) is 18.0. The van der Waals surface area contributed by atoms with Crippen molar-refractivity contribution in [3.63, 3.8) is 0 Å². The van der Waals surface area contributed by atoms with Gasteiger partial charge >= 0.3 is 6.09 Å². The quantitative estimate of drug-likeness (QED) is 0.417. The maximum atomic E-state index is 15.0. The Morgan fingerprint density at radius 1 is 1.33 bits per heavy atom. The monoisotopic (exact) mass is 450 g/mol. The molecule has 170 valence electrons. The largest absolute Gasteiger partial charge is 0.474 e. The van der Waals surface area contributed by atoms with E-state index in [0.29, 0.717) is 41.3 Å². The molecule has 0 saturated heterocycles. The fourth-order valence-corrected chi connectivity index (χ4v) is 3.70. The Labute approximate surface area is 189 Å². The number of pyridine rings is 2. The number of nitrogens with zero attached hydrogens (tertiary/aromatic N) is 3. The lowest BCUT2D eigenvalue weighted by Crippen LogP contribution is -2.20. The molecule has 2 aliphatic rings. The number of halogens is 1. The average molecular weight is 450 g/mol. The molecular formula is C23H23FN6O3. The molecule has 5 N–H and O–H groups in total. The summed E-state index contributed by atoms with van der Waals surface area (Å²) in [6.07, 6.45) is 5.22. The lowest BCUT2D eigenvalue weighted by molar-refractivity contribution is 0.209. The van der Waals surface area contributed by atoms with Crippen LogP contribution in [0.1, 0.15) is 24.8 Å². The normalized spacial score (nSPS) is 14.5. The van der Waals surface area contributed by atoms with Crippen LogP contribution in [0.25, 0.3) is 21.9 Å². The number of nitrogen functional groups attached to an aromatic ring is 1. The predicted molar refractivity (Wildman–Crippen MR) is 123 cm³/mol. The highest BCUT2D eigenvalue weighted by atomic mass is 19.1. The molecule has 10 heteroatoms. The van der Waals surface area contributed by atoms with Gasteiger partial charge in [-0.1, -0.05) is 6.42 Å². The Kier molecular flexibility index (Phi) is 6.13. The molecule has 5 rings (SSSR count). The molecule has 1 fully saturated rings. The second kappa shape index (κ2) is 9.16. The number of carbonyl (C=O) groups is 1. The third-order valence-corrected chi connectivity index (χ3v) is 5.76. The topological polar surface area (TPSA) is 146 Å². The molecule has 3 aromatic rings. The molecular weight excluding hydrogens is 427 g/mol. The standard InChI is InChI=1S/C18H16FN5O3.C5H7N/c1-8-11(6-23-17-16(8)21-2-3-27-17)10-4-9-5-13(24-18(25)26)22-7-12(9)15(20)14(10)19;6-4-5-2-1-3-5/h4-7,21H,2-3,20H2,1H3,(H,22,24)(H,25,26);5H,1-3H2. The number of hydrogen-bond acceptors (Lipinski definition) is 7. The zero-order valence-corrected chi connectivity index (χ0v) is 18.0. The van der Waals surface area contributed by atoms with Crippen molar-refractivity contribution in [2.75, 3.05) is 29.5 Å². The van der Waals surface area contributed by atoms with Gasteiger partial charge in [0, 0.05) is 41.4 Å². The Morgan fingerprint density at radius 2 is 2.12 bits per heavy atom. The second-order valence-corrected chi connectivity index (χ2v) is 7.88. The molecule has 1 amide bonds. The van der Waals surface area contributed by atoms with Crippen molar-refractivity contribution in [3.05, 3.63) is 35.9 Å². The van der Waals surface area contributed by atoms with E-state index in [-0.39, 0.29) is 17.1 Å². The summed E-state index contributed by atoms with van der Waals surface area (Å²) in [5.41, 5.74) is 8.28. The van der Waals surface area contributed by atoms with E-state index in [1.807, 2.05) is 6.92 Å². The van der Waals surface area contributed by atoms with Gasteiger partial charge in [0.2, 0.25) is 5.88 Å². The van der Waals surface area contributed by atoms with Crippen molar-refractivity contribution in [3.8, 4) is 23.1 Å². The number of benzene rings is 1. The summed E-state index contributed by atoms with van der Waals surface area (Å²) in [5, 5.41) is 23.3. The molecule has 2 aromatic heterocycles. The van der Waals surface area contributed by atoms with E-state index in [1.165, 1.54) is 18.7 Å². The molecule has 1 saturated carbocycles. The highest BCUT2D eigenvalue weighted by Gasteiger charge is 2.21. The van der Waals surface area contributed by atoms with Crippen LogP contribution in [0.3, 0.4) is 0 Å². The van der Waals surface area contributed by atoms with Crippen molar-refractivity contribution in [2.45, 2.75) is 26.2 Å². The molecule has 9 nitrogen and oxygen atoms in total. The van der Waals surface area contributed by atoms with Crippen molar-refractivity contribution < 1.29 is 19.0 Å². The number of rotatable bonds is 2. The Balaban J connectivity index is 0.000000376. The van der Waals surface area contributed by atoms with Gasteiger partial charge in [0.05, 0.1) is 11.8 Å². The van der Waals surface area contributed by atoms with E-state index in [1.54, 1.807) is 12.3 Å². The fourth-order valence-electron chi connectivity index (χ4n) is 3.70. The molecule has 0 atom stereocenters. The number of amides is 1. The van der Waals surface area contributed by atoms with Crippen molar-refractivity contribution in [2.24, 2.45) is 5.92 Å². The van der Waals surface area contributed by atoms with Gasteiger partial charge in [-0.2, -0.15) is 5.26 Å². The SMILES string of the molecule is Cc1c(-c2cc3cc(NC(=O)O)ncc3c(N)c2F)cnc2c1NCCO2.N#CC1CCC1. The number of ether oxygens (including phenoxy) is 1. The van der Waals surface area contributed by atoms with Gasteiger partial charge in [0.15, 0.2) is 5.82 Å². The molecule has 0 spiro atoms. The van der Waals surface area contributed by atoms with E-state index in [9.17, 15) is 9.18 Å². The fraction of sp³-hybridized carbons (Fsp3) is 0.304. The highest BCUT2D eigenvalue weighted by Crippen LogP contribution is 2.39. The van der Waals surface area contributed by atoms with E-state index in [2.05, 4.69) is 26.7 Å². The summed E-state index contributed by atoms with van der Waals surface area (Å²) >= 11 is 0. The highest BCUT2D eigenvalue weighted by molar-refractivity contribution is 5.99. The molecule has 0 radical (unpaired) electrons. The van der Waals surface area contributed by atoms with Gasteiger partial charge in [0.25, 0.3) is 0 Å². The molecule has 0 unspecified atom stereocenters. The number of carboxylic acid groups (broad SMARTS) is 1. The number of nitrogens with one attached hydrogen (secondary N) is 2. The maximum absolute atomic E-state index is 15.0. The van der Waals surface area contributed by atoms with Gasteiger partial charge in [-0.05, 0) is 42.8 Å². The number of nitrogens with two attached hydrogens (primary N) is 1. The Bertz CT molecular complexity index is 1270. The first-order valence-corrected chi connectivity index (χ1v) is 10.5. The molecule has 0 bridgehead atoms. The van der Waals surface area contributed by atoms with Gasteiger partial charge in [-0.3, -0.25) is 5.32 Å². The lowest BCUT2D eigenvalue weighted by Gasteiger charge is -2.22. The summed E-state index contributed by atoms with van der Waals surface area (Å²) in [7, 11) is 0. The van der Waals surface area contributed by atoms with Crippen LogP contribution in [-0.4, -0.2) is 34.3 Å². The number of aromatic nitrogens is 2. The number of hydrogen-bond donors (Lipinski definition) is 4. The van der Waals surface area contributed by atoms with Gasteiger partial charge in [-0.15, -0.1) is 0 Å². The van der Waals surface area contributed by atoms with E-state index in [0.717, 1.165) is 24.1 Å². The molecule has 1 aliphatic heterocycles. The third-order valence-electron chi connectivity index (χ3n) is 5.76. The van der Waals surface area contributed by atoms with E-state index >= 15 is 0 Å². The van der Waals surface area contributed by atoms with Gasteiger partial charge < -0.3 is 20.9 Å². The first kappa shape index (κ1) is 22.1. The van der Waals surface area contributed by atoms with Crippen molar-refractivity contribution >= 4 is 34.1 Å². The minimum absolute atomic E-state index is 0.0572. The Morgan fingerprint density at radius 3 is 2.76 bits per heavy atom. The van der Waals surface area contributed by atoms with Crippen molar-refractivity contribution in [1.29, 1.82) is 5.26 Å². The zero-order chi connectivity index (χ0) is 23.5. The summed E-state index contributed by atoms with van der Waals surface area (Å²) in [4.78, 5) is 19.1. The molecule has 1 aromatic carbocycles. The van der Waals surface area contributed by atoms with Crippen LogP contribution in [0, 0.1) is 30.0 Å². The number of anilines is 3. The summed E-state index contributed by atoms with van der Waals surface area (Å²) in [5.74, 6) is 0.450. The van der Waals surface area contributed by atoms with Crippen LogP contribution in [0.15, 0.2) is 24.5 Å². The summed E-state index contributed by atoms with van der Waals surface area (Å²) in [6.45, 7) is 3.00. The van der Waals surface area contributed by atoms with E-state index in [4.69, 9.17) is 20.8 Å². The first-order valence-electron chi connectivity index (χ1n) is 10.5. The van der Waals surface area contributed by atoms with Gasteiger partial charge in [-0.25, -0.2) is 19.2 Å². The first-order chi connectivity index (χ1) is 15.9. The predicted octanol–water partition coefficient (Wildman–Crippen LogP) is 4.53. The molecule has 1 aliphatic carbocycles. The minimum atomic E-state index is -1.24. The van der Waals surface area contributed by atoms with Crippen LogP contribution in [0.2, 0.25) is 0 Å². The van der Waals surface area contributed by atoms with Crippen molar-refractivity contribution in [1.82, 2.24) is 9.97 Å². The van der Waals surface area contributed by atoms with E-state index < -0.39 is 11.9 Å². The number of nitriles is 1. The van der Waals surface area contributed by atoms with Crippen LogP contribution < -0.4 is 21.1 Å². The smallest absolute Gasteiger partial charge is 0.410 e. The average Bonchev–Trinajstić information content (AvgIpc) is 2.76. The minimum Gasteiger partial charge on any atom is -0.474 e. The summed E-state index contributed by atoms with van der Waals surface area (Å²) < 4.78 is 20.5. The van der Waals surface area contributed by atoms with Crippen LogP contribution in [-0.2, 0) is 0 Å². The second-order valence-electron chi connectivity index (χ2n) is 7.88. The van der Waals surface area contributed by atoms with Crippen LogP contribution in [0.5, 0.6) is 5.88 Å². The number of fused-ring (bicyclic) bond motifs is 2. The summed E-state index contributed by atoms with van der Waals surface area (Å²) in [6, 6.07) is 5.31. The Hall–Kier alpha value is -4.13. The third kappa shape index (κ3) is 4.43. The molecule has 3 heterocycles. The van der Waals surface area contributed by atoms with Crippen LogP contribution >= 0.6 is 0 Å². The lowest BCUT2D eigenvalue weighted by atomic mass is 9.87. The molecule has 33 heavy (non-hydrogen) atoms. The van der Waals surface area contributed by atoms with Crippen LogP contribution in [0.4, 0.5) is 26.4 Å². The van der Waals surface area contributed by atoms with Gasteiger partial charge in [0.1, 0.15) is 18.1 Å².